The summed E-state index contributed by atoms with van der Waals surface area (Å²) in [5, 5.41) is 15.4. The van der Waals surface area contributed by atoms with E-state index in [-0.39, 0.29) is 17.9 Å². The number of hydrogen-bond acceptors (Lipinski definition) is 9. The molecule has 1 aromatic carbocycles. The number of benzene rings is 1. The van der Waals surface area contributed by atoms with E-state index in [1.54, 1.807) is 43.6 Å². The van der Waals surface area contributed by atoms with Crippen molar-refractivity contribution in [2.45, 2.75) is 13.0 Å². The minimum atomic E-state index is -0.199. The molecule has 1 N–H and O–H groups in total. The maximum absolute atomic E-state index is 13.4. The molecule has 0 bridgehead atoms. The molecule has 1 aliphatic rings. The van der Waals surface area contributed by atoms with Crippen molar-refractivity contribution >= 4 is 28.7 Å². The topological polar surface area (TPSA) is 135 Å². The molecule has 12 nitrogen and oxygen atoms in total. The Morgan fingerprint density at radius 2 is 1.80 bits per heavy atom. The van der Waals surface area contributed by atoms with Gasteiger partial charge in [0, 0.05) is 50.9 Å². The zero-order valence-electron chi connectivity index (χ0n) is 22.1. The molecule has 6 rings (SSSR count). The number of carbonyl (C=O) groups excluding carboxylic acids is 2. The molecule has 0 spiro atoms. The molecule has 5 heterocycles. The van der Waals surface area contributed by atoms with Gasteiger partial charge in [-0.25, -0.2) is 4.98 Å². The van der Waals surface area contributed by atoms with Crippen molar-refractivity contribution in [3.8, 4) is 11.3 Å². The van der Waals surface area contributed by atoms with Gasteiger partial charge < -0.3 is 14.6 Å². The number of piperazine rings is 1. The average Bonchev–Trinajstić information content (AvgIpc) is 3.59. The van der Waals surface area contributed by atoms with E-state index in [2.05, 4.69) is 47.7 Å². The van der Waals surface area contributed by atoms with E-state index >= 15 is 0 Å². The maximum Gasteiger partial charge on any atom is 0.272 e. The highest BCUT2D eigenvalue weighted by molar-refractivity contribution is 5.94. The molecule has 1 aliphatic heterocycles. The molecule has 0 saturated carbocycles. The van der Waals surface area contributed by atoms with Crippen LogP contribution >= 0.6 is 0 Å². The minimum Gasteiger partial charge on any atom is -0.454 e. The Kier molecular flexibility index (Phi) is 6.74. The van der Waals surface area contributed by atoms with Crippen molar-refractivity contribution in [1.29, 1.82) is 0 Å². The molecule has 0 aliphatic carbocycles. The van der Waals surface area contributed by atoms with Crippen molar-refractivity contribution in [3.63, 3.8) is 0 Å². The highest BCUT2D eigenvalue weighted by Gasteiger charge is 2.31. The van der Waals surface area contributed by atoms with E-state index in [0.717, 1.165) is 5.56 Å². The summed E-state index contributed by atoms with van der Waals surface area (Å²) in [6.45, 7) is 3.80. The summed E-state index contributed by atoms with van der Waals surface area (Å²) in [7, 11) is 1.75. The van der Waals surface area contributed by atoms with Crippen LogP contribution in [0.1, 0.15) is 34.8 Å². The molecule has 2 amide bonds. The Morgan fingerprint density at radius 1 is 1.00 bits per heavy atom. The summed E-state index contributed by atoms with van der Waals surface area (Å²) in [4.78, 5) is 39.1. The predicted octanol–water partition coefficient (Wildman–Crippen LogP) is 2.92. The number of anilines is 1. The van der Waals surface area contributed by atoms with Crippen molar-refractivity contribution in [3.05, 3.63) is 83.9 Å². The van der Waals surface area contributed by atoms with Gasteiger partial charge in [0.25, 0.3) is 5.91 Å². The standard InChI is InChI=1S/C28H27N9O3/c1-18(38)30-25-9-8-23-21(31-25)17-24(40-23)20-10-11-29-22(16-20)28(39)37-14-12-36(13-15-37)26(19-6-4-3-5-7-19)27-32-34-35(2)33-27/h3-11,16-17,26H,12-15H2,1-2H3,(H,30,31,38). The molecule has 12 heteroatoms. The number of tetrazole rings is 1. The monoisotopic (exact) mass is 537 g/mol. The van der Waals surface area contributed by atoms with Gasteiger partial charge in [-0.05, 0) is 35.0 Å². The van der Waals surface area contributed by atoms with Gasteiger partial charge in [0.05, 0.1) is 13.1 Å². The minimum absolute atomic E-state index is 0.141. The first kappa shape index (κ1) is 25.3. The van der Waals surface area contributed by atoms with Crippen LogP contribution in [0.3, 0.4) is 0 Å². The van der Waals surface area contributed by atoms with Crippen molar-refractivity contribution < 1.29 is 14.0 Å². The zero-order valence-corrected chi connectivity index (χ0v) is 22.1. The van der Waals surface area contributed by atoms with E-state index in [1.165, 1.54) is 11.7 Å². The van der Waals surface area contributed by atoms with Crippen LogP contribution in [0.15, 0.2) is 71.3 Å². The number of fused-ring (bicyclic) bond motifs is 1. The SMILES string of the molecule is CC(=O)Nc1ccc2oc(-c3ccnc(C(=O)N4CCN(C(c5ccccc5)c5nnn(C)n5)CC4)c3)cc2n1. The second-order valence-corrected chi connectivity index (χ2v) is 9.58. The highest BCUT2D eigenvalue weighted by atomic mass is 16.3. The molecular formula is C28H27N9O3. The number of carbonyl (C=O) groups is 2. The number of nitrogens with one attached hydrogen (secondary N) is 1. The Hall–Kier alpha value is -4.97. The van der Waals surface area contributed by atoms with Crippen molar-refractivity contribution in [2.24, 2.45) is 7.05 Å². The van der Waals surface area contributed by atoms with Gasteiger partial charge in [-0.15, -0.1) is 10.2 Å². The van der Waals surface area contributed by atoms with E-state index in [0.29, 0.717) is 65.9 Å². The molecule has 0 radical (unpaired) electrons. The normalized spacial score (nSPS) is 14.8. The predicted molar refractivity (Wildman–Crippen MR) is 146 cm³/mol. The lowest BCUT2D eigenvalue weighted by Gasteiger charge is -2.38. The first-order valence-corrected chi connectivity index (χ1v) is 12.9. The van der Waals surface area contributed by atoms with Crippen LogP contribution in [0.4, 0.5) is 5.82 Å². The van der Waals surface area contributed by atoms with Crippen LogP contribution in [0.25, 0.3) is 22.4 Å². The summed E-state index contributed by atoms with van der Waals surface area (Å²) in [5.41, 5.74) is 3.32. The van der Waals surface area contributed by atoms with Crippen LogP contribution in [-0.2, 0) is 11.8 Å². The number of amides is 2. The van der Waals surface area contributed by atoms with Gasteiger partial charge in [0.2, 0.25) is 5.91 Å². The molecule has 4 aromatic heterocycles. The third kappa shape index (κ3) is 5.16. The molecule has 1 fully saturated rings. The van der Waals surface area contributed by atoms with Crippen LogP contribution in [0.5, 0.6) is 0 Å². The fraction of sp³-hybridized carbons (Fsp3) is 0.250. The molecule has 1 saturated heterocycles. The van der Waals surface area contributed by atoms with Crippen LogP contribution in [-0.4, -0.2) is 78.0 Å². The van der Waals surface area contributed by atoms with Gasteiger partial charge in [-0.2, -0.15) is 4.80 Å². The molecule has 5 aromatic rings. The average molecular weight is 538 g/mol. The van der Waals surface area contributed by atoms with Gasteiger partial charge in [0.1, 0.15) is 22.8 Å². The van der Waals surface area contributed by atoms with Gasteiger partial charge in [-0.3, -0.25) is 19.5 Å². The Balaban J connectivity index is 1.18. The van der Waals surface area contributed by atoms with Gasteiger partial charge >= 0.3 is 0 Å². The Morgan fingerprint density at radius 3 is 2.52 bits per heavy atom. The van der Waals surface area contributed by atoms with Crippen LogP contribution < -0.4 is 5.32 Å². The van der Waals surface area contributed by atoms with Crippen LogP contribution in [0, 0.1) is 0 Å². The molecule has 40 heavy (non-hydrogen) atoms. The second kappa shape index (κ2) is 10.7. The van der Waals surface area contributed by atoms with E-state index in [1.807, 2.05) is 23.1 Å². The lowest BCUT2D eigenvalue weighted by Crippen LogP contribution is -2.50. The molecular weight excluding hydrogens is 510 g/mol. The summed E-state index contributed by atoms with van der Waals surface area (Å²) in [5.74, 6) is 1.30. The Bertz CT molecular complexity index is 1670. The number of hydrogen-bond donors (Lipinski definition) is 1. The van der Waals surface area contributed by atoms with E-state index < -0.39 is 0 Å². The van der Waals surface area contributed by atoms with E-state index in [9.17, 15) is 9.59 Å². The second-order valence-electron chi connectivity index (χ2n) is 9.58. The smallest absolute Gasteiger partial charge is 0.272 e. The largest absolute Gasteiger partial charge is 0.454 e. The lowest BCUT2D eigenvalue weighted by atomic mass is 10.0. The number of aryl methyl sites for hydroxylation is 1. The summed E-state index contributed by atoms with van der Waals surface area (Å²) < 4.78 is 5.97. The third-order valence-electron chi connectivity index (χ3n) is 6.79. The fourth-order valence-corrected chi connectivity index (χ4v) is 4.93. The van der Waals surface area contributed by atoms with Crippen LogP contribution in [0.2, 0.25) is 0 Å². The third-order valence-corrected chi connectivity index (χ3v) is 6.79. The highest BCUT2D eigenvalue weighted by Crippen LogP contribution is 2.29. The maximum atomic E-state index is 13.4. The summed E-state index contributed by atoms with van der Waals surface area (Å²) in [6.07, 6.45) is 1.60. The first-order valence-electron chi connectivity index (χ1n) is 12.9. The summed E-state index contributed by atoms with van der Waals surface area (Å²) in [6, 6.07) is 18.7. The molecule has 202 valence electrons. The summed E-state index contributed by atoms with van der Waals surface area (Å²) >= 11 is 0. The lowest BCUT2D eigenvalue weighted by molar-refractivity contribution is -0.114. The van der Waals surface area contributed by atoms with Gasteiger partial charge in [-0.1, -0.05) is 30.3 Å². The number of pyridine rings is 2. The van der Waals surface area contributed by atoms with Crippen molar-refractivity contribution in [2.75, 3.05) is 31.5 Å². The number of rotatable bonds is 6. The van der Waals surface area contributed by atoms with Crippen molar-refractivity contribution in [1.82, 2.24) is 40.0 Å². The quantitative estimate of drug-likeness (QED) is 0.347. The van der Waals surface area contributed by atoms with Gasteiger partial charge in [0.15, 0.2) is 11.4 Å². The molecule has 1 unspecified atom stereocenters. The number of aromatic nitrogens is 6. The zero-order chi connectivity index (χ0) is 27.6. The first-order chi connectivity index (χ1) is 19.4. The van der Waals surface area contributed by atoms with E-state index in [4.69, 9.17) is 4.42 Å². The number of nitrogens with zero attached hydrogens (tertiary/aromatic N) is 8. The fourth-order valence-electron chi connectivity index (χ4n) is 4.93. The Labute approximate surface area is 229 Å². The molecule has 1 atom stereocenters. The number of furan rings is 1.